The van der Waals surface area contributed by atoms with Crippen LogP contribution >= 0.6 is 0 Å². The van der Waals surface area contributed by atoms with Crippen LogP contribution in [0.4, 0.5) is 8.78 Å². The summed E-state index contributed by atoms with van der Waals surface area (Å²) >= 11 is 0. The van der Waals surface area contributed by atoms with Crippen molar-refractivity contribution in [1.29, 1.82) is 0 Å². The predicted molar refractivity (Wildman–Crippen MR) is 53.1 cm³/mol. The van der Waals surface area contributed by atoms with E-state index in [9.17, 15) is 8.78 Å². The minimum atomic E-state index is -2.67. The minimum absolute atomic E-state index is 0.0429. The summed E-state index contributed by atoms with van der Waals surface area (Å²) in [4.78, 5) is 0. The molecule has 0 amide bonds. The first-order chi connectivity index (χ1) is 7.13. The van der Waals surface area contributed by atoms with Gasteiger partial charge < -0.3 is 15.2 Å². The van der Waals surface area contributed by atoms with E-state index in [-0.39, 0.29) is 18.7 Å². The number of halogens is 2. The van der Waals surface area contributed by atoms with E-state index in [0.717, 1.165) is 25.7 Å². The molecular formula is C10H19F2NO2. The van der Waals surface area contributed by atoms with Gasteiger partial charge in [-0.05, 0) is 25.7 Å². The highest BCUT2D eigenvalue weighted by Gasteiger charge is 2.23. The average molecular weight is 223 g/mol. The fourth-order valence-electron chi connectivity index (χ4n) is 1.92. The van der Waals surface area contributed by atoms with E-state index in [2.05, 4.69) is 5.32 Å². The number of hydrogen-bond donors (Lipinski definition) is 2. The maximum atomic E-state index is 12.0. The van der Waals surface area contributed by atoms with Gasteiger partial charge in [0, 0.05) is 19.7 Å². The number of methoxy groups -OCH3 is 1. The highest BCUT2D eigenvalue weighted by molar-refractivity contribution is 4.79. The SMILES string of the molecule is COC1CCCC(NCC(O)C(F)F)C1. The third kappa shape index (κ3) is 4.40. The van der Waals surface area contributed by atoms with Gasteiger partial charge in [-0.25, -0.2) is 8.78 Å². The fourth-order valence-corrected chi connectivity index (χ4v) is 1.92. The number of aliphatic hydroxyl groups is 1. The van der Waals surface area contributed by atoms with E-state index >= 15 is 0 Å². The predicted octanol–water partition coefficient (Wildman–Crippen LogP) is 1.16. The van der Waals surface area contributed by atoms with Crippen LogP contribution in [-0.4, -0.2) is 43.4 Å². The van der Waals surface area contributed by atoms with E-state index in [0.29, 0.717) is 0 Å². The molecule has 0 aromatic carbocycles. The molecule has 0 aromatic rings. The Morgan fingerprint density at radius 3 is 2.80 bits per heavy atom. The third-order valence-corrected chi connectivity index (χ3v) is 2.87. The average Bonchev–Trinajstić information content (AvgIpc) is 2.26. The van der Waals surface area contributed by atoms with Crippen LogP contribution in [-0.2, 0) is 4.74 Å². The van der Waals surface area contributed by atoms with E-state index in [1.807, 2.05) is 0 Å². The molecule has 1 saturated carbocycles. The number of ether oxygens (including phenoxy) is 1. The van der Waals surface area contributed by atoms with E-state index in [1.54, 1.807) is 7.11 Å². The molecular weight excluding hydrogens is 204 g/mol. The Morgan fingerprint density at radius 2 is 2.20 bits per heavy atom. The van der Waals surface area contributed by atoms with Gasteiger partial charge in [-0.15, -0.1) is 0 Å². The van der Waals surface area contributed by atoms with Crippen molar-refractivity contribution < 1.29 is 18.6 Å². The Bertz CT molecular complexity index is 181. The van der Waals surface area contributed by atoms with E-state index in [1.165, 1.54) is 0 Å². The Hall–Kier alpha value is -0.260. The van der Waals surface area contributed by atoms with Crippen molar-refractivity contribution in [1.82, 2.24) is 5.32 Å². The second-order valence-corrected chi connectivity index (χ2v) is 4.03. The van der Waals surface area contributed by atoms with E-state index in [4.69, 9.17) is 9.84 Å². The van der Waals surface area contributed by atoms with Gasteiger partial charge in [-0.2, -0.15) is 0 Å². The van der Waals surface area contributed by atoms with Gasteiger partial charge in [0.15, 0.2) is 0 Å². The minimum Gasteiger partial charge on any atom is -0.386 e. The lowest BCUT2D eigenvalue weighted by atomic mass is 9.93. The molecule has 0 spiro atoms. The standard InChI is InChI=1S/C10H19F2NO2/c1-15-8-4-2-3-7(5-8)13-6-9(14)10(11)12/h7-10,13-14H,2-6H2,1H3. The zero-order valence-corrected chi connectivity index (χ0v) is 8.96. The maximum absolute atomic E-state index is 12.0. The molecule has 0 bridgehead atoms. The first-order valence-electron chi connectivity index (χ1n) is 5.36. The normalized spacial score (nSPS) is 29.4. The molecule has 1 aliphatic carbocycles. The first-order valence-corrected chi connectivity index (χ1v) is 5.36. The van der Waals surface area contributed by atoms with E-state index < -0.39 is 12.5 Å². The Balaban J connectivity index is 2.20. The van der Waals surface area contributed by atoms with Crippen LogP contribution in [0.25, 0.3) is 0 Å². The van der Waals surface area contributed by atoms with Crippen LogP contribution < -0.4 is 5.32 Å². The van der Waals surface area contributed by atoms with Gasteiger partial charge in [0.1, 0.15) is 6.10 Å². The highest BCUT2D eigenvalue weighted by atomic mass is 19.3. The number of aliphatic hydroxyl groups excluding tert-OH is 1. The molecule has 15 heavy (non-hydrogen) atoms. The largest absolute Gasteiger partial charge is 0.386 e. The second kappa shape index (κ2) is 6.35. The summed E-state index contributed by atoms with van der Waals surface area (Å²) < 4.78 is 29.2. The molecule has 3 atom stereocenters. The lowest BCUT2D eigenvalue weighted by Crippen LogP contribution is -2.42. The van der Waals surface area contributed by atoms with Gasteiger partial charge in [0.2, 0.25) is 0 Å². The Morgan fingerprint density at radius 1 is 1.47 bits per heavy atom. The third-order valence-electron chi connectivity index (χ3n) is 2.87. The molecule has 90 valence electrons. The Labute approximate surface area is 88.8 Å². The number of alkyl halides is 2. The number of hydrogen-bond acceptors (Lipinski definition) is 3. The molecule has 1 aliphatic rings. The molecule has 2 N–H and O–H groups in total. The topological polar surface area (TPSA) is 41.5 Å². The molecule has 0 aromatic heterocycles. The molecule has 1 fully saturated rings. The highest BCUT2D eigenvalue weighted by Crippen LogP contribution is 2.20. The van der Waals surface area contributed by atoms with Gasteiger partial charge in [-0.3, -0.25) is 0 Å². The monoisotopic (exact) mass is 223 g/mol. The molecule has 1 rings (SSSR count). The molecule has 0 aliphatic heterocycles. The van der Waals surface area contributed by atoms with Crippen molar-refractivity contribution in [3.8, 4) is 0 Å². The van der Waals surface area contributed by atoms with Crippen LogP contribution in [0.3, 0.4) is 0 Å². The van der Waals surface area contributed by atoms with Crippen molar-refractivity contribution in [2.24, 2.45) is 0 Å². The van der Waals surface area contributed by atoms with Crippen molar-refractivity contribution >= 4 is 0 Å². The molecule has 3 nitrogen and oxygen atoms in total. The van der Waals surface area contributed by atoms with Crippen molar-refractivity contribution in [3.05, 3.63) is 0 Å². The fraction of sp³-hybridized carbons (Fsp3) is 1.00. The number of rotatable bonds is 5. The summed E-state index contributed by atoms with van der Waals surface area (Å²) in [6, 6.07) is 0.192. The molecule has 0 radical (unpaired) electrons. The quantitative estimate of drug-likeness (QED) is 0.735. The zero-order chi connectivity index (χ0) is 11.3. The maximum Gasteiger partial charge on any atom is 0.265 e. The second-order valence-electron chi connectivity index (χ2n) is 4.03. The van der Waals surface area contributed by atoms with Crippen LogP contribution in [0.15, 0.2) is 0 Å². The number of nitrogens with one attached hydrogen (secondary N) is 1. The lowest BCUT2D eigenvalue weighted by molar-refractivity contribution is -0.00771. The van der Waals surface area contributed by atoms with Crippen molar-refractivity contribution in [2.75, 3.05) is 13.7 Å². The van der Waals surface area contributed by atoms with Crippen LogP contribution in [0, 0.1) is 0 Å². The molecule has 0 heterocycles. The Kier molecular flexibility index (Phi) is 5.42. The van der Waals surface area contributed by atoms with Crippen LogP contribution in [0.1, 0.15) is 25.7 Å². The van der Waals surface area contributed by atoms with Crippen molar-refractivity contribution in [3.63, 3.8) is 0 Å². The van der Waals surface area contributed by atoms with Gasteiger partial charge in [-0.1, -0.05) is 0 Å². The first kappa shape index (κ1) is 12.8. The van der Waals surface area contributed by atoms with Gasteiger partial charge in [0.05, 0.1) is 6.10 Å². The molecule has 0 saturated heterocycles. The molecule has 3 unspecified atom stereocenters. The zero-order valence-electron chi connectivity index (χ0n) is 8.96. The van der Waals surface area contributed by atoms with Crippen LogP contribution in [0.2, 0.25) is 0 Å². The van der Waals surface area contributed by atoms with Crippen molar-refractivity contribution in [2.45, 2.75) is 50.4 Å². The molecule has 5 heteroatoms. The van der Waals surface area contributed by atoms with Crippen LogP contribution in [0.5, 0.6) is 0 Å². The summed E-state index contributed by atoms with van der Waals surface area (Å²) in [7, 11) is 1.67. The smallest absolute Gasteiger partial charge is 0.265 e. The summed E-state index contributed by atoms with van der Waals surface area (Å²) in [6.07, 6.45) is -0.123. The van der Waals surface area contributed by atoms with Gasteiger partial charge >= 0.3 is 0 Å². The van der Waals surface area contributed by atoms with Gasteiger partial charge in [0.25, 0.3) is 6.43 Å². The summed E-state index contributed by atoms with van der Waals surface area (Å²) in [5, 5.41) is 11.9. The lowest BCUT2D eigenvalue weighted by Gasteiger charge is -2.29. The summed E-state index contributed by atoms with van der Waals surface area (Å²) in [6.45, 7) is -0.0429. The summed E-state index contributed by atoms with van der Waals surface area (Å²) in [5.41, 5.74) is 0. The summed E-state index contributed by atoms with van der Waals surface area (Å²) in [5.74, 6) is 0.